The molecule has 0 aliphatic rings. The molecule has 0 radical (unpaired) electrons. The third-order valence-electron chi connectivity index (χ3n) is 3.23. The molecule has 1 amide bonds. The Hall–Kier alpha value is -2.93. The second kappa shape index (κ2) is 8.25. The average molecular weight is 337 g/mol. The quantitative estimate of drug-likeness (QED) is 0.614. The monoisotopic (exact) mass is 337 g/mol. The normalized spacial score (nSPS) is 10.4. The number of para-hydroxylation sites is 1. The van der Waals surface area contributed by atoms with Crippen LogP contribution in [0.4, 0.5) is 4.79 Å². The number of hydrogen-bond acceptors (Lipinski definition) is 3. The molecule has 0 heterocycles. The average Bonchev–Trinajstić information content (AvgIpc) is 2.58. The summed E-state index contributed by atoms with van der Waals surface area (Å²) in [5.74, 6) is 3.67. The fraction of sp³-hybridized carbons (Fsp3) is 0.286. The van der Waals surface area contributed by atoms with Crippen LogP contribution < -0.4 is 4.74 Å². The molecule has 0 aromatic heterocycles. The maximum Gasteiger partial charge on any atom is 0.422 e. The Labute approximate surface area is 149 Å². The number of amides is 1. The maximum absolute atomic E-state index is 12.5. The fourth-order valence-corrected chi connectivity index (χ4v) is 2.11. The molecule has 0 aliphatic heterocycles. The third-order valence-corrected chi connectivity index (χ3v) is 3.23. The van der Waals surface area contributed by atoms with E-state index in [2.05, 4.69) is 12.0 Å². The summed E-state index contributed by atoms with van der Waals surface area (Å²) < 4.78 is 10.8. The Morgan fingerprint density at radius 3 is 2.32 bits per heavy atom. The van der Waals surface area contributed by atoms with Crippen molar-refractivity contribution in [1.82, 2.24) is 4.90 Å². The molecule has 0 aliphatic carbocycles. The number of hydrogen-bond donors (Lipinski definition) is 0. The first-order valence-electron chi connectivity index (χ1n) is 8.08. The summed E-state index contributed by atoms with van der Waals surface area (Å²) in [4.78, 5) is 13.9. The molecule has 0 saturated carbocycles. The molecule has 0 saturated heterocycles. The largest absolute Gasteiger partial charge is 0.495 e. The van der Waals surface area contributed by atoms with Gasteiger partial charge in [-0.15, -0.1) is 0 Å². The molecule has 4 heteroatoms. The Morgan fingerprint density at radius 1 is 1.04 bits per heavy atom. The summed E-state index contributed by atoms with van der Waals surface area (Å²) in [6, 6.07) is 20.0. The highest BCUT2D eigenvalue weighted by Gasteiger charge is 2.21. The van der Waals surface area contributed by atoms with Gasteiger partial charge in [-0.1, -0.05) is 42.5 Å². The van der Waals surface area contributed by atoms with Gasteiger partial charge in [-0.3, -0.25) is 0 Å². The van der Waals surface area contributed by atoms with Gasteiger partial charge >= 0.3 is 6.09 Å². The van der Waals surface area contributed by atoms with Crippen LogP contribution in [0.1, 0.15) is 31.9 Å². The standard InChI is InChI=1S/C21H23NO3/c1-21(2,3)25-20(23)22(16-17-10-6-5-7-11-17)15-14-18-12-8-9-13-19(18)24-4/h5-13H,16H2,1-4H3. The predicted octanol–water partition coefficient (Wildman–Crippen LogP) is 4.44. The molecule has 130 valence electrons. The van der Waals surface area contributed by atoms with Crippen LogP contribution >= 0.6 is 0 Å². The summed E-state index contributed by atoms with van der Waals surface area (Å²) >= 11 is 0. The van der Waals surface area contributed by atoms with E-state index in [1.54, 1.807) is 7.11 Å². The molecule has 0 fully saturated rings. The number of rotatable bonds is 3. The number of methoxy groups -OCH3 is 1. The smallest absolute Gasteiger partial charge is 0.422 e. The Morgan fingerprint density at radius 2 is 1.68 bits per heavy atom. The van der Waals surface area contributed by atoms with Gasteiger partial charge in [0.2, 0.25) is 0 Å². The van der Waals surface area contributed by atoms with Gasteiger partial charge in [0.25, 0.3) is 0 Å². The van der Waals surface area contributed by atoms with E-state index in [1.807, 2.05) is 75.4 Å². The zero-order valence-corrected chi connectivity index (χ0v) is 15.1. The molecule has 0 spiro atoms. The molecule has 0 N–H and O–H groups in total. The van der Waals surface area contributed by atoms with Crippen LogP contribution in [0.25, 0.3) is 0 Å². The molecular formula is C21H23NO3. The summed E-state index contributed by atoms with van der Waals surface area (Å²) in [5, 5.41) is 0. The second-order valence-corrected chi connectivity index (χ2v) is 6.49. The number of carbonyl (C=O) groups is 1. The van der Waals surface area contributed by atoms with Crippen molar-refractivity contribution in [2.75, 3.05) is 7.11 Å². The minimum atomic E-state index is -0.585. The van der Waals surface area contributed by atoms with Crippen LogP contribution in [0.2, 0.25) is 0 Å². The van der Waals surface area contributed by atoms with Gasteiger partial charge in [0, 0.05) is 6.04 Å². The fourth-order valence-electron chi connectivity index (χ4n) is 2.11. The molecule has 2 aromatic carbocycles. The van der Waals surface area contributed by atoms with Gasteiger partial charge in [0.1, 0.15) is 11.4 Å². The molecular weight excluding hydrogens is 314 g/mol. The van der Waals surface area contributed by atoms with Crippen LogP contribution in [0.5, 0.6) is 5.75 Å². The van der Waals surface area contributed by atoms with E-state index in [4.69, 9.17) is 9.47 Å². The van der Waals surface area contributed by atoms with Crippen LogP contribution in [0.3, 0.4) is 0 Å². The van der Waals surface area contributed by atoms with Crippen molar-refractivity contribution in [1.29, 1.82) is 0 Å². The maximum atomic E-state index is 12.5. The highest BCUT2D eigenvalue weighted by atomic mass is 16.6. The first kappa shape index (κ1) is 18.4. The van der Waals surface area contributed by atoms with Crippen molar-refractivity contribution in [3.8, 4) is 17.7 Å². The van der Waals surface area contributed by atoms with E-state index >= 15 is 0 Å². The van der Waals surface area contributed by atoms with Crippen molar-refractivity contribution >= 4 is 6.09 Å². The third kappa shape index (κ3) is 5.89. The number of ether oxygens (including phenoxy) is 2. The van der Waals surface area contributed by atoms with Crippen LogP contribution in [0.15, 0.2) is 54.6 Å². The molecule has 0 bridgehead atoms. The van der Waals surface area contributed by atoms with Crippen LogP contribution in [-0.2, 0) is 11.3 Å². The first-order valence-corrected chi connectivity index (χ1v) is 8.08. The van der Waals surface area contributed by atoms with E-state index < -0.39 is 11.7 Å². The molecule has 2 rings (SSSR count). The first-order chi connectivity index (χ1) is 11.9. The summed E-state index contributed by atoms with van der Waals surface area (Å²) in [6.45, 7) is 5.84. The van der Waals surface area contributed by atoms with Gasteiger partial charge in [-0.05, 0) is 44.4 Å². The number of nitrogens with zero attached hydrogens (tertiary/aromatic N) is 1. The van der Waals surface area contributed by atoms with Gasteiger partial charge in [-0.25, -0.2) is 9.69 Å². The Balaban J connectivity index is 2.28. The van der Waals surface area contributed by atoms with Crippen molar-refractivity contribution < 1.29 is 14.3 Å². The summed E-state index contributed by atoms with van der Waals surface area (Å²) in [6.07, 6.45) is -0.473. The predicted molar refractivity (Wildman–Crippen MR) is 98.1 cm³/mol. The topological polar surface area (TPSA) is 38.8 Å². The Bertz CT molecular complexity index is 767. The molecule has 0 atom stereocenters. The lowest BCUT2D eigenvalue weighted by Crippen LogP contribution is -2.33. The SMILES string of the molecule is COc1ccccc1C#CN(Cc1ccccc1)C(=O)OC(C)(C)C. The zero-order valence-electron chi connectivity index (χ0n) is 15.1. The number of benzene rings is 2. The van der Waals surface area contributed by atoms with Crippen molar-refractivity contribution in [2.24, 2.45) is 0 Å². The highest BCUT2D eigenvalue weighted by molar-refractivity contribution is 5.70. The minimum Gasteiger partial charge on any atom is -0.495 e. The van der Waals surface area contributed by atoms with E-state index in [1.165, 1.54) is 4.90 Å². The lowest BCUT2D eigenvalue weighted by Gasteiger charge is -2.23. The van der Waals surface area contributed by atoms with Gasteiger partial charge < -0.3 is 9.47 Å². The molecule has 4 nitrogen and oxygen atoms in total. The second-order valence-electron chi connectivity index (χ2n) is 6.49. The van der Waals surface area contributed by atoms with Gasteiger partial charge in [0.05, 0.1) is 19.2 Å². The minimum absolute atomic E-state index is 0.345. The van der Waals surface area contributed by atoms with Gasteiger partial charge in [-0.2, -0.15) is 0 Å². The summed E-state index contributed by atoms with van der Waals surface area (Å²) in [5.41, 5.74) is 1.10. The van der Waals surface area contributed by atoms with E-state index in [-0.39, 0.29) is 0 Å². The van der Waals surface area contributed by atoms with Crippen molar-refractivity contribution in [3.05, 3.63) is 65.7 Å². The molecule has 2 aromatic rings. The number of carbonyl (C=O) groups excluding carboxylic acids is 1. The van der Waals surface area contributed by atoms with Gasteiger partial charge in [0.15, 0.2) is 0 Å². The van der Waals surface area contributed by atoms with Crippen LogP contribution in [-0.4, -0.2) is 23.7 Å². The zero-order chi connectivity index (χ0) is 18.3. The molecule has 25 heavy (non-hydrogen) atoms. The summed E-state index contributed by atoms with van der Waals surface area (Å²) in [7, 11) is 1.59. The van der Waals surface area contributed by atoms with E-state index in [0.717, 1.165) is 5.56 Å². The highest BCUT2D eigenvalue weighted by Crippen LogP contribution is 2.16. The van der Waals surface area contributed by atoms with E-state index in [0.29, 0.717) is 17.9 Å². The lowest BCUT2D eigenvalue weighted by molar-refractivity contribution is 0.0341. The Kier molecular flexibility index (Phi) is 6.08. The van der Waals surface area contributed by atoms with Crippen molar-refractivity contribution in [3.63, 3.8) is 0 Å². The van der Waals surface area contributed by atoms with Crippen molar-refractivity contribution in [2.45, 2.75) is 32.9 Å². The van der Waals surface area contributed by atoms with E-state index in [9.17, 15) is 4.79 Å². The lowest BCUT2D eigenvalue weighted by atomic mass is 10.2. The van der Waals surface area contributed by atoms with Crippen LogP contribution in [0, 0.1) is 12.0 Å². The molecule has 0 unspecified atom stereocenters.